The van der Waals surface area contributed by atoms with E-state index in [2.05, 4.69) is 35.6 Å². The second-order valence-corrected chi connectivity index (χ2v) is 7.53. The van der Waals surface area contributed by atoms with Gasteiger partial charge in [-0.05, 0) is 54.1 Å². The van der Waals surface area contributed by atoms with E-state index in [0.717, 1.165) is 11.6 Å². The van der Waals surface area contributed by atoms with Crippen molar-refractivity contribution in [1.29, 1.82) is 0 Å². The number of carboxylic acids is 1. The molecular formula is C21H20NO2-. The van der Waals surface area contributed by atoms with E-state index in [1.165, 1.54) is 30.4 Å². The number of anilines is 1. The van der Waals surface area contributed by atoms with Gasteiger partial charge in [0.2, 0.25) is 0 Å². The number of fused-ring (bicyclic) bond motifs is 7. The molecule has 1 N–H and O–H groups in total. The molecule has 5 atom stereocenters. The van der Waals surface area contributed by atoms with Crippen LogP contribution in [0.25, 0.3) is 0 Å². The third-order valence-corrected chi connectivity index (χ3v) is 6.50. The number of aromatic carboxylic acids is 1. The highest BCUT2D eigenvalue weighted by atomic mass is 16.4. The van der Waals surface area contributed by atoms with Crippen LogP contribution in [0.2, 0.25) is 0 Å². The molecule has 3 nitrogen and oxygen atoms in total. The first kappa shape index (κ1) is 14.1. The first-order valence-electron chi connectivity index (χ1n) is 8.90. The number of hydrogen-bond acceptors (Lipinski definition) is 3. The van der Waals surface area contributed by atoms with Crippen LogP contribution < -0.4 is 10.4 Å². The van der Waals surface area contributed by atoms with E-state index in [1.54, 1.807) is 6.07 Å². The highest BCUT2D eigenvalue weighted by Gasteiger charge is 2.53. The Hall–Kier alpha value is -2.29. The van der Waals surface area contributed by atoms with Crippen LogP contribution in [0.4, 0.5) is 5.69 Å². The predicted octanol–water partition coefficient (Wildman–Crippen LogP) is 3.35. The van der Waals surface area contributed by atoms with Crippen LogP contribution in [-0.4, -0.2) is 5.97 Å². The van der Waals surface area contributed by atoms with Gasteiger partial charge in [-0.2, -0.15) is 0 Å². The first-order valence-corrected chi connectivity index (χ1v) is 8.90. The maximum atomic E-state index is 11.6. The normalized spacial score (nSPS) is 32.8. The molecule has 2 aliphatic carbocycles. The summed E-state index contributed by atoms with van der Waals surface area (Å²) in [6, 6.07) is 16.3. The lowest BCUT2D eigenvalue weighted by atomic mass is 9.67. The fourth-order valence-electron chi connectivity index (χ4n) is 5.67. The Morgan fingerprint density at radius 1 is 1.00 bits per heavy atom. The quantitative estimate of drug-likeness (QED) is 0.924. The number of carboxylic acid groups (broad SMARTS) is 1. The summed E-state index contributed by atoms with van der Waals surface area (Å²) >= 11 is 0. The zero-order chi connectivity index (χ0) is 16.3. The molecule has 2 saturated carbocycles. The molecule has 2 bridgehead atoms. The largest absolute Gasteiger partial charge is 0.545 e. The summed E-state index contributed by atoms with van der Waals surface area (Å²) in [6.45, 7) is 0. The molecule has 5 rings (SSSR count). The van der Waals surface area contributed by atoms with Crippen LogP contribution in [0, 0.1) is 17.8 Å². The maximum absolute atomic E-state index is 11.6. The zero-order valence-electron chi connectivity index (χ0n) is 13.4. The van der Waals surface area contributed by atoms with Crippen molar-refractivity contribution in [1.82, 2.24) is 0 Å². The Morgan fingerprint density at radius 2 is 1.79 bits per heavy atom. The van der Waals surface area contributed by atoms with Crippen molar-refractivity contribution in [2.24, 2.45) is 17.8 Å². The molecular weight excluding hydrogens is 298 g/mol. The minimum absolute atomic E-state index is 0.194. The zero-order valence-corrected chi connectivity index (χ0v) is 13.4. The number of carbonyl (C=O) groups excluding carboxylic acids is 1. The summed E-state index contributed by atoms with van der Waals surface area (Å²) in [5, 5.41) is 15.2. The molecule has 122 valence electrons. The van der Waals surface area contributed by atoms with E-state index in [9.17, 15) is 9.90 Å². The van der Waals surface area contributed by atoms with Crippen molar-refractivity contribution in [3.8, 4) is 0 Å². The summed E-state index contributed by atoms with van der Waals surface area (Å²) in [4.78, 5) is 11.6. The number of nitrogens with one attached hydrogen (secondary N) is 1. The van der Waals surface area contributed by atoms with Crippen LogP contribution in [-0.2, 0) is 0 Å². The summed E-state index contributed by atoms with van der Waals surface area (Å²) in [6.07, 6.45) is 3.88. The van der Waals surface area contributed by atoms with Crippen molar-refractivity contribution >= 4 is 11.7 Å². The molecule has 1 aliphatic heterocycles. The lowest BCUT2D eigenvalue weighted by Gasteiger charge is -2.44. The maximum Gasteiger partial charge on any atom is 0.0736 e. The minimum Gasteiger partial charge on any atom is -0.545 e. The lowest BCUT2D eigenvalue weighted by molar-refractivity contribution is -0.254. The molecule has 1 heterocycles. The van der Waals surface area contributed by atoms with Crippen LogP contribution >= 0.6 is 0 Å². The van der Waals surface area contributed by atoms with Crippen LogP contribution in [0.5, 0.6) is 0 Å². The molecule has 3 heteroatoms. The smallest absolute Gasteiger partial charge is 0.0736 e. The molecule has 0 amide bonds. The topological polar surface area (TPSA) is 52.2 Å². The van der Waals surface area contributed by atoms with Gasteiger partial charge < -0.3 is 15.2 Å². The van der Waals surface area contributed by atoms with E-state index in [0.29, 0.717) is 23.3 Å². The fraction of sp³-hybridized carbons (Fsp3) is 0.381. The van der Waals surface area contributed by atoms with Gasteiger partial charge in [-0.3, -0.25) is 0 Å². The predicted molar refractivity (Wildman–Crippen MR) is 90.6 cm³/mol. The molecule has 2 fully saturated rings. The Morgan fingerprint density at radius 3 is 2.58 bits per heavy atom. The second-order valence-electron chi connectivity index (χ2n) is 7.53. The average molecular weight is 318 g/mol. The number of carbonyl (C=O) groups is 1. The summed E-state index contributed by atoms with van der Waals surface area (Å²) in [5.74, 6) is 1.40. The van der Waals surface area contributed by atoms with E-state index < -0.39 is 5.97 Å². The highest BCUT2D eigenvalue weighted by molar-refractivity contribution is 5.94. The van der Waals surface area contributed by atoms with Crippen LogP contribution in [0.3, 0.4) is 0 Å². The fourth-order valence-corrected chi connectivity index (χ4v) is 5.67. The van der Waals surface area contributed by atoms with E-state index in [1.807, 2.05) is 12.1 Å². The molecule has 0 aromatic heterocycles. The van der Waals surface area contributed by atoms with Crippen LogP contribution in [0.1, 0.15) is 52.7 Å². The van der Waals surface area contributed by atoms with Gasteiger partial charge in [0.25, 0.3) is 0 Å². The Bertz CT molecular complexity index is 801. The summed E-state index contributed by atoms with van der Waals surface area (Å²) in [5.41, 5.74) is 3.55. The van der Waals surface area contributed by atoms with Crippen molar-refractivity contribution in [2.75, 3.05) is 5.32 Å². The van der Waals surface area contributed by atoms with Gasteiger partial charge in [0.15, 0.2) is 0 Å². The number of rotatable bonds is 2. The molecule has 0 spiro atoms. The Balaban J connectivity index is 1.69. The lowest BCUT2D eigenvalue weighted by Crippen LogP contribution is -2.37. The summed E-state index contributed by atoms with van der Waals surface area (Å²) in [7, 11) is 0. The highest BCUT2D eigenvalue weighted by Crippen LogP contribution is 2.63. The molecule has 3 aliphatic rings. The summed E-state index contributed by atoms with van der Waals surface area (Å²) < 4.78 is 0. The third-order valence-electron chi connectivity index (χ3n) is 6.50. The minimum atomic E-state index is -1.09. The SMILES string of the molecule is O=C([O-])c1cccc2c1N[C@@H](c1ccccc1)[C@H]1[C@@H]3CC[C@@H](C3)[C@H]21. The van der Waals surface area contributed by atoms with E-state index >= 15 is 0 Å². The van der Waals surface area contributed by atoms with Gasteiger partial charge in [-0.25, -0.2) is 0 Å². The van der Waals surface area contributed by atoms with Crippen molar-refractivity contribution < 1.29 is 9.90 Å². The van der Waals surface area contributed by atoms with Crippen molar-refractivity contribution in [2.45, 2.75) is 31.2 Å². The van der Waals surface area contributed by atoms with Gasteiger partial charge in [0.1, 0.15) is 0 Å². The number of para-hydroxylation sites is 1. The third kappa shape index (κ3) is 1.87. The van der Waals surface area contributed by atoms with E-state index in [4.69, 9.17) is 0 Å². The number of benzene rings is 2. The molecule has 2 aromatic rings. The first-order chi connectivity index (χ1) is 11.7. The second kappa shape index (κ2) is 5.10. The molecule has 0 saturated heterocycles. The Labute approximate surface area is 141 Å². The molecule has 0 unspecified atom stereocenters. The monoisotopic (exact) mass is 318 g/mol. The van der Waals surface area contributed by atoms with Gasteiger partial charge in [0.05, 0.1) is 12.0 Å². The number of hydrogen-bond donors (Lipinski definition) is 1. The van der Waals surface area contributed by atoms with E-state index in [-0.39, 0.29) is 6.04 Å². The molecule has 24 heavy (non-hydrogen) atoms. The van der Waals surface area contributed by atoms with Crippen molar-refractivity contribution in [3.05, 3.63) is 65.2 Å². The molecule has 0 radical (unpaired) electrons. The van der Waals surface area contributed by atoms with Gasteiger partial charge in [-0.1, -0.05) is 48.5 Å². The van der Waals surface area contributed by atoms with Crippen molar-refractivity contribution in [3.63, 3.8) is 0 Å². The van der Waals surface area contributed by atoms with Crippen LogP contribution in [0.15, 0.2) is 48.5 Å². The van der Waals surface area contributed by atoms with Gasteiger partial charge in [-0.15, -0.1) is 0 Å². The Kier molecular flexibility index (Phi) is 2.99. The molecule has 2 aromatic carbocycles. The standard InChI is InChI=1S/C21H21NO2/c23-21(24)16-8-4-7-15-17-13-9-10-14(11-13)18(17)19(22-20(15)16)12-5-2-1-3-6-12/h1-8,13-14,17-19,22H,9-11H2,(H,23,24)/p-1/t13-,14+,17+,18-,19-/m0/s1. The average Bonchev–Trinajstić information content (AvgIpc) is 3.23. The van der Waals surface area contributed by atoms with Gasteiger partial charge in [0, 0.05) is 11.3 Å². The van der Waals surface area contributed by atoms with Gasteiger partial charge >= 0.3 is 0 Å².